The van der Waals surface area contributed by atoms with Crippen LogP contribution < -0.4 is 21.7 Å². The highest BCUT2D eigenvalue weighted by molar-refractivity contribution is 7.98. The van der Waals surface area contributed by atoms with E-state index in [-0.39, 0.29) is 12.2 Å². The van der Waals surface area contributed by atoms with Crippen LogP contribution in [0.25, 0.3) is 0 Å². The van der Waals surface area contributed by atoms with Gasteiger partial charge in [-0.05, 0) is 25.4 Å². The summed E-state index contributed by atoms with van der Waals surface area (Å²) < 4.78 is 0. The molecule has 0 saturated carbocycles. The van der Waals surface area contributed by atoms with E-state index >= 15 is 0 Å². The second kappa shape index (κ2) is 13.1. The van der Waals surface area contributed by atoms with Gasteiger partial charge in [0.15, 0.2) is 0 Å². The monoisotopic (exact) mass is 460 g/mol. The second-order valence-corrected chi connectivity index (χ2v) is 7.89. The Labute approximate surface area is 184 Å². The number of rotatable bonds is 13. The van der Waals surface area contributed by atoms with E-state index in [2.05, 4.69) is 38.5 Å². The number of nitrogens with one attached hydrogen (secondary N) is 4. The van der Waals surface area contributed by atoms with Crippen molar-refractivity contribution in [1.82, 2.24) is 25.9 Å². The minimum atomic E-state index is -1.23. The number of thiol groups is 1. The molecule has 1 rings (SSSR count). The fraction of sp³-hybridized carbons (Fsp3) is 0.588. The molecule has 1 aromatic rings. The first-order valence-corrected chi connectivity index (χ1v) is 11.2. The van der Waals surface area contributed by atoms with Crippen molar-refractivity contribution < 1.29 is 24.3 Å². The van der Waals surface area contributed by atoms with Gasteiger partial charge >= 0.3 is 5.97 Å². The van der Waals surface area contributed by atoms with Crippen molar-refractivity contribution in [3.63, 3.8) is 0 Å². The highest BCUT2D eigenvalue weighted by Crippen LogP contribution is 2.02. The lowest BCUT2D eigenvalue weighted by Crippen LogP contribution is -2.57. The first kappa shape index (κ1) is 25.8. The molecule has 7 N–H and O–H groups in total. The number of carboxylic acids is 1. The number of imidazole rings is 1. The largest absolute Gasteiger partial charge is 0.480 e. The van der Waals surface area contributed by atoms with Crippen molar-refractivity contribution in [2.45, 2.75) is 43.9 Å². The van der Waals surface area contributed by atoms with Crippen LogP contribution in [0.15, 0.2) is 12.5 Å². The van der Waals surface area contributed by atoms with Crippen LogP contribution in [0.5, 0.6) is 0 Å². The third kappa shape index (κ3) is 8.63. The molecular formula is C17H28N6O5S2. The number of nitrogens with two attached hydrogens (primary N) is 1. The van der Waals surface area contributed by atoms with Gasteiger partial charge in [-0.3, -0.25) is 14.4 Å². The van der Waals surface area contributed by atoms with Gasteiger partial charge in [0.2, 0.25) is 17.7 Å². The predicted octanol–water partition coefficient (Wildman–Crippen LogP) is -1.48. The minimum Gasteiger partial charge on any atom is -0.480 e. The number of carbonyl (C=O) groups is 4. The molecule has 0 aliphatic heterocycles. The van der Waals surface area contributed by atoms with Gasteiger partial charge in [0.25, 0.3) is 0 Å². The van der Waals surface area contributed by atoms with Gasteiger partial charge in [-0.2, -0.15) is 24.4 Å². The number of hydrogen-bond acceptors (Lipinski definition) is 8. The van der Waals surface area contributed by atoms with Crippen molar-refractivity contribution in [2.24, 2.45) is 5.73 Å². The predicted molar refractivity (Wildman–Crippen MR) is 116 cm³/mol. The Bertz CT molecular complexity index is 718. The van der Waals surface area contributed by atoms with Crippen LogP contribution in [-0.2, 0) is 25.6 Å². The zero-order chi connectivity index (χ0) is 22.7. The molecule has 168 valence electrons. The van der Waals surface area contributed by atoms with Crippen molar-refractivity contribution in [2.75, 3.05) is 17.8 Å². The van der Waals surface area contributed by atoms with Gasteiger partial charge in [-0.15, -0.1) is 0 Å². The molecule has 0 saturated heterocycles. The van der Waals surface area contributed by atoms with Crippen molar-refractivity contribution >= 4 is 48.1 Å². The third-order valence-electron chi connectivity index (χ3n) is 4.13. The maximum atomic E-state index is 12.4. The molecule has 0 radical (unpaired) electrons. The SMILES string of the molecule is CSCCC(N)C(=O)NC(CS)C(=O)NC(C)C(=O)NC(Cc1cnc[nH]1)C(=O)O. The molecule has 0 bridgehead atoms. The maximum Gasteiger partial charge on any atom is 0.326 e. The van der Waals surface area contributed by atoms with E-state index in [1.165, 1.54) is 19.4 Å². The van der Waals surface area contributed by atoms with E-state index in [9.17, 15) is 24.3 Å². The molecule has 30 heavy (non-hydrogen) atoms. The first-order chi connectivity index (χ1) is 14.2. The second-order valence-electron chi connectivity index (χ2n) is 6.54. The minimum absolute atomic E-state index is 0.00125. The summed E-state index contributed by atoms with van der Waals surface area (Å²) in [5.74, 6) is -2.32. The highest BCUT2D eigenvalue weighted by atomic mass is 32.2. The fourth-order valence-electron chi connectivity index (χ4n) is 2.34. The number of carbonyl (C=O) groups excluding carboxylic acids is 3. The average Bonchev–Trinajstić information content (AvgIpc) is 3.22. The lowest BCUT2D eigenvalue weighted by atomic mass is 10.1. The zero-order valence-electron chi connectivity index (χ0n) is 16.8. The van der Waals surface area contributed by atoms with E-state index in [1.807, 2.05) is 6.26 Å². The molecule has 0 spiro atoms. The van der Waals surface area contributed by atoms with Crippen LogP contribution in [0.3, 0.4) is 0 Å². The number of carboxylic acid groups (broad SMARTS) is 1. The topological polar surface area (TPSA) is 179 Å². The number of hydrogen-bond donors (Lipinski definition) is 7. The molecule has 13 heteroatoms. The summed E-state index contributed by atoms with van der Waals surface area (Å²) in [5.41, 5.74) is 6.32. The number of H-pyrrole nitrogens is 1. The summed E-state index contributed by atoms with van der Waals surface area (Å²) in [6.07, 6.45) is 5.21. The normalized spacial score (nSPS) is 14.8. The van der Waals surface area contributed by atoms with E-state index in [1.54, 1.807) is 11.8 Å². The van der Waals surface area contributed by atoms with E-state index in [4.69, 9.17) is 5.73 Å². The summed E-state index contributed by atoms with van der Waals surface area (Å²) in [7, 11) is 0. The van der Waals surface area contributed by atoms with Gasteiger partial charge in [0, 0.05) is 24.1 Å². The van der Waals surface area contributed by atoms with Gasteiger partial charge in [-0.1, -0.05) is 0 Å². The molecule has 0 aliphatic carbocycles. The molecule has 0 fully saturated rings. The Hall–Kier alpha value is -2.25. The van der Waals surface area contributed by atoms with Crippen LogP contribution in [0.4, 0.5) is 0 Å². The Balaban J connectivity index is 2.61. The Morgan fingerprint density at radius 3 is 2.40 bits per heavy atom. The molecule has 3 amide bonds. The maximum absolute atomic E-state index is 12.4. The van der Waals surface area contributed by atoms with Gasteiger partial charge in [0.05, 0.1) is 12.4 Å². The van der Waals surface area contributed by atoms with Gasteiger partial charge in [0.1, 0.15) is 18.1 Å². The van der Waals surface area contributed by atoms with Crippen LogP contribution in [0.1, 0.15) is 19.0 Å². The molecule has 0 aromatic carbocycles. The first-order valence-electron chi connectivity index (χ1n) is 9.16. The summed E-state index contributed by atoms with van der Waals surface area (Å²) >= 11 is 5.62. The standard InChI is InChI=1S/C17H28N6O5S2/c1-9(14(24)22-12(17(27)28)5-10-6-19-8-20-10)21-16(26)13(7-29)23-15(25)11(18)3-4-30-2/h6,8-9,11-13,29H,3-5,7,18H2,1-2H3,(H,19,20)(H,21,26)(H,22,24)(H,23,25)(H,27,28). The number of aromatic amines is 1. The zero-order valence-corrected chi connectivity index (χ0v) is 18.5. The Kier molecular flexibility index (Phi) is 11.3. The van der Waals surface area contributed by atoms with Gasteiger partial charge < -0.3 is 31.8 Å². The molecule has 4 atom stereocenters. The number of amides is 3. The van der Waals surface area contributed by atoms with Crippen molar-refractivity contribution in [3.05, 3.63) is 18.2 Å². The van der Waals surface area contributed by atoms with E-state index < -0.39 is 47.9 Å². The molecular weight excluding hydrogens is 432 g/mol. The number of aliphatic carboxylic acids is 1. The third-order valence-corrected chi connectivity index (χ3v) is 5.14. The lowest BCUT2D eigenvalue weighted by molar-refractivity contribution is -0.142. The summed E-state index contributed by atoms with van der Waals surface area (Å²) in [6, 6.07) is -3.98. The quantitative estimate of drug-likeness (QED) is 0.174. The number of nitrogens with zero attached hydrogens (tertiary/aromatic N) is 1. The summed E-state index contributed by atoms with van der Waals surface area (Å²) in [5, 5.41) is 16.6. The molecule has 4 unspecified atom stereocenters. The molecule has 1 heterocycles. The van der Waals surface area contributed by atoms with E-state index in [0.29, 0.717) is 17.9 Å². The molecule has 11 nitrogen and oxygen atoms in total. The Morgan fingerprint density at radius 2 is 1.87 bits per heavy atom. The molecule has 1 aromatic heterocycles. The number of thioether (sulfide) groups is 1. The Morgan fingerprint density at radius 1 is 1.20 bits per heavy atom. The number of aromatic nitrogens is 2. The van der Waals surface area contributed by atoms with Crippen molar-refractivity contribution in [3.8, 4) is 0 Å². The van der Waals surface area contributed by atoms with Crippen LogP contribution in [-0.4, -0.2) is 80.7 Å². The van der Waals surface area contributed by atoms with Crippen molar-refractivity contribution in [1.29, 1.82) is 0 Å². The highest BCUT2D eigenvalue weighted by Gasteiger charge is 2.28. The van der Waals surface area contributed by atoms with Crippen LogP contribution >= 0.6 is 24.4 Å². The van der Waals surface area contributed by atoms with Crippen LogP contribution in [0.2, 0.25) is 0 Å². The van der Waals surface area contributed by atoms with Crippen LogP contribution in [0, 0.1) is 0 Å². The lowest BCUT2D eigenvalue weighted by Gasteiger charge is -2.22. The smallest absolute Gasteiger partial charge is 0.326 e. The summed E-state index contributed by atoms with van der Waals surface area (Å²) in [4.78, 5) is 54.8. The molecule has 0 aliphatic rings. The average molecular weight is 461 g/mol. The van der Waals surface area contributed by atoms with Gasteiger partial charge in [-0.25, -0.2) is 9.78 Å². The fourth-order valence-corrected chi connectivity index (χ4v) is 3.09. The van der Waals surface area contributed by atoms with E-state index in [0.717, 1.165) is 0 Å². The summed E-state index contributed by atoms with van der Waals surface area (Å²) in [6.45, 7) is 1.41.